The van der Waals surface area contributed by atoms with E-state index in [9.17, 15) is 19.5 Å². The molecule has 0 aromatic heterocycles. The van der Waals surface area contributed by atoms with Crippen molar-refractivity contribution in [2.24, 2.45) is 11.8 Å². The van der Waals surface area contributed by atoms with Crippen molar-refractivity contribution in [3.63, 3.8) is 0 Å². The molecule has 232 valence electrons. The molecule has 0 aliphatic rings. The maximum atomic E-state index is 13.6. The molecular formula is C37H44N2O5. The number of nitrogens with one attached hydrogen (secondary N) is 1. The lowest BCUT2D eigenvalue weighted by Gasteiger charge is -2.26. The zero-order valence-corrected chi connectivity index (χ0v) is 25.4. The Balaban J connectivity index is 1.70. The molecule has 3 rings (SSSR count). The van der Waals surface area contributed by atoms with E-state index in [2.05, 4.69) is 18.5 Å². The number of amides is 2. The molecule has 0 aliphatic heterocycles. The predicted molar refractivity (Wildman–Crippen MR) is 173 cm³/mol. The second-order valence-corrected chi connectivity index (χ2v) is 10.9. The smallest absolute Gasteiger partial charge is 0.309 e. The number of rotatable bonds is 19. The average molecular weight is 597 g/mol. The van der Waals surface area contributed by atoms with Crippen molar-refractivity contribution in [2.45, 2.75) is 44.7 Å². The van der Waals surface area contributed by atoms with Crippen molar-refractivity contribution in [3.05, 3.63) is 133 Å². The fourth-order valence-corrected chi connectivity index (χ4v) is 5.07. The van der Waals surface area contributed by atoms with Gasteiger partial charge in [0.1, 0.15) is 6.61 Å². The van der Waals surface area contributed by atoms with Crippen molar-refractivity contribution in [1.82, 2.24) is 10.2 Å². The number of aliphatic hydroxyl groups is 1. The number of carbonyl (C=O) groups excluding carboxylic acids is 3. The normalized spacial score (nSPS) is 12.8. The molecule has 7 heteroatoms. The summed E-state index contributed by atoms with van der Waals surface area (Å²) in [5.41, 5.74) is 2.95. The Labute approximate surface area is 261 Å². The second-order valence-electron chi connectivity index (χ2n) is 10.9. The Kier molecular flexibility index (Phi) is 14.6. The summed E-state index contributed by atoms with van der Waals surface area (Å²) in [6.45, 7) is 7.91. The van der Waals surface area contributed by atoms with Gasteiger partial charge in [0.25, 0.3) is 0 Å². The van der Waals surface area contributed by atoms with Gasteiger partial charge in [0, 0.05) is 19.5 Å². The van der Waals surface area contributed by atoms with Crippen LogP contribution in [0.4, 0.5) is 0 Å². The van der Waals surface area contributed by atoms with E-state index in [1.54, 1.807) is 17.1 Å². The van der Waals surface area contributed by atoms with E-state index < -0.39 is 17.9 Å². The van der Waals surface area contributed by atoms with Crippen molar-refractivity contribution < 1.29 is 24.2 Å². The molecule has 44 heavy (non-hydrogen) atoms. The van der Waals surface area contributed by atoms with Crippen LogP contribution in [0, 0.1) is 11.8 Å². The topological polar surface area (TPSA) is 95.9 Å². The molecule has 0 aliphatic carbocycles. The van der Waals surface area contributed by atoms with E-state index in [0.29, 0.717) is 32.2 Å². The van der Waals surface area contributed by atoms with Crippen LogP contribution in [-0.4, -0.2) is 53.6 Å². The highest BCUT2D eigenvalue weighted by atomic mass is 16.5. The summed E-state index contributed by atoms with van der Waals surface area (Å²) in [6, 6.07) is 28.4. The molecule has 0 bridgehead atoms. The minimum absolute atomic E-state index is 0.0126. The Bertz CT molecular complexity index is 1310. The van der Waals surface area contributed by atoms with Gasteiger partial charge in [0.2, 0.25) is 11.8 Å². The van der Waals surface area contributed by atoms with Crippen molar-refractivity contribution >= 4 is 17.8 Å². The number of nitrogens with zero attached hydrogens (tertiary/aromatic N) is 1. The summed E-state index contributed by atoms with van der Waals surface area (Å²) in [5, 5.41) is 12.6. The number of hydrogen-bond acceptors (Lipinski definition) is 5. The minimum atomic E-state index is -0.669. The maximum Gasteiger partial charge on any atom is 0.309 e. The number of hydrogen-bond donors (Lipinski definition) is 2. The molecule has 7 nitrogen and oxygen atoms in total. The monoisotopic (exact) mass is 596 g/mol. The van der Waals surface area contributed by atoms with Gasteiger partial charge in [-0.05, 0) is 42.4 Å². The van der Waals surface area contributed by atoms with Gasteiger partial charge in [-0.2, -0.15) is 0 Å². The van der Waals surface area contributed by atoms with Crippen LogP contribution in [0.15, 0.2) is 116 Å². The van der Waals surface area contributed by atoms with Gasteiger partial charge in [-0.1, -0.05) is 103 Å². The molecule has 2 amide bonds. The largest absolute Gasteiger partial charge is 0.463 e. The number of ether oxygens (including phenoxy) is 1. The summed E-state index contributed by atoms with van der Waals surface area (Å²) < 4.78 is 5.80. The van der Waals surface area contributed by atoms with Gasteiger partial charge in [-0.25, -0.2) is 0 Å². The Morgan fingerprint density at radius 3 is 1.84 bits per heavy atom. The first-order valence-corrected chi connectivity index (χ1v) is 15.1. The number of benzene rings is 3. The minimum Gasteiger partial charge on any atom is -0.463 e. The molecule has 2 N–H and O–H groups in total. The van der Waals surface area contributed by atoms with E-state index in [1.807, 2.05) is 91.0 Å². The van der Waals surface area contributed by atoms with Gasteiger partial charge in [-0.3, -0.25) is 14.4 Å². The Morgan fingerprint density at radius 2 is 1.30 bits per heavy atom. The summed E-state index contributed by atoms with van der Waals surface area (Å²) >= 11 is 0. The van der Waals surface area contributed by atoms with E-state index >= 15 is 0 Å². The van der Waals surface area contributed by atoms with Gasteiger partial charge in [0.05, 0.1) is 24.5 Å². The zero-order valence-electron chi connectivity index (χ0n) is 25.4. The van der Waals surface area contributed by atoms with E-state index in [4.69, 9.17) is 4.74 Å². The van der Waals surface area contributed by atoms with E-state index in [1.165, 1.54) is 0 Å². The summed E-state index contributed by atoms with van der Waals surface area (Å²) in [4.78, 5) is 41.7. The number of carbonyl (C=O) groups is 3. The lowest BCUT2D eigenvalue weighted by molar-refractivity contribution is -0.149. The summed E-state index contributed by atoms with van der Waals surface area (Å²) in [7, 11) is 0. The summed E-state index contributed by atoms with van der Waals surface area (Å²) in [5.74, 6) is -1.96. The predicted octanol–water partition coefficient (Wildman–Crippen LogP) is 5.30. The molecule has 0 fully saturated rings. The summed E-state index contributed by atoms with van der Waals surface area (Å²) in [6.07, 6.45) is 5.05. The van der Waals surface area contributed by atoms with Crippen molar-refractivity contribution in [1.29, 1.82) is 0 Å². The molecule has 0 radical (unpaired) electrons. The van der Waals surface area contributed by atoms with Crippen LogP contribution in [0.5, 0.6) is 0 Å². The first kappa shape index (κ1) is 34.0. The standard InChI is InChI=1S/C37H44N2O5/c1-3-14-32(26-35(41)39(22-23-40)27-31-20-12-7-13-21-31)36(42)38-34(25-30-18-10-6-11-19-30)28-44-37(43)33(15-4-2)24-29-16-8-5-9-17-29/h3-13,16-21,32-34,40H,1-2,14-15,22-28H2,(H,38,42)/t32-,33-,34-/m1/s1. The van der Waals surface area contributed by atoms with E-state index in [-0.39, 0.29) is 44.0 Å². The third kappa shape index (κ3) is 11.7. The first-order valence-electron chi connectivity index (χ1n) is 15.1. The van der Waals surface area contributed by atoms with Crippen LogP contribution in [0.2, 0.25) is 0 Å². The molecule has 3 aromatic carbocycles. The quantitative estimate of drug-likeness (QED) is 0.145. The zero-order chi connectivity index (χ0) is 31.6. The molecule has 0 spiro atoms. The number of aliphatic hydroxyl groups excluding tert-OH is 1. The highest BCUT2D eigenvalue weighted by Gasteiger charge is 2.27. The second kappa shape index (κ2) is 18.9. The van der Waals surface area contributed by atoms with Gasteiger partial charge in [0.15, 0.2) is 0 Å². The van der Waals surface area contributed by atoms with Gasteiger partial charge < -0.3 is 20.1 Å². The third-order valence-electron chi connectivity index (χ3n) is 7.39. The highest BCUT2D eigenvalue weighted by Crippen LogP contribution is 2.18. The Hall–Kier alpha value is -4.49. The molecule has 0 heterocycles. The molecule has 0 saturated heterocycles. The van der Waals surface area contributed by atoms with Crippen LogP contribution < -0.4 is 5.32 Å². The Morgan fingerprint density at radius 1 is 0.773 bits per heavy atom. The average Bonchev–Trinajstić information content (AvgIpc) is 3.04. The number of allylic oxidation sites excluding steroid dienone is 2. The fraction of sp³-hybridized carbons (Fsp3) is 0.324. The highest BCUT2D eigenvalue weighted by molar-refractivity contribution is 5.86. The van der Waals surface area contributed by atoms with Crippen molar-refractivity contribution in [2.75, 3.05) is 19.8 Å². The van der Waals surface area contributed by atoms with Crippen LogP contribution in [0.1, 0.15) is 36.0 Å². The van der Waals surface area contributed by atoms with Crippen molar-refractivity contribution in [3.8, 4) is 0 Å². The molecule has 3 aromatic rings. The van der Waals surface area contributed by atoms with Gasteiger partial charge in [-0.15, -0.1) is 13.2 Å². The van der Waals surface area contributed by atoms with E-state index in [0.717, 1.165) is 16.7 Å². The SMILES string of the molecule is C=CC[C@H](CC(=O)N(CCO)Cc1ccccc1)C(=O)N[C@@H](COC(=O)[C@H](CC=C)Cc1ccccc1)Cc1ccccc1. The van der Waals surface area contributed by atoms with Crippen LogP contribution >= 0.6 is 0 Å². The molecule has 0 saturated carbocycles. The lowest BCUT2D eigenvalue weighted by Crippen LogP contribution is -2.45. The van der Waals surface area contributed by atoms with Crippen LogP contribution in [0.25, 0.3) is 0 Å². The first-order chi connectivity index (χ1) is 21.4. The van der Waals surface area contributed by atoms with Crippen LogP contribution in [0.3, 0.4) is 0 Å². The molecule has 0 unspecified atom stereocenters. The van der Waals surface area contributed by atoms with Crippen LogP contribution in [-0.2, 0) is 38.5 Å². The molecule has 3 atom stereocenters. The third-order valence-corrected chi connectivity index (χ3v) is 7.39. The molecular weight excluding hydrogens is 552 g/mol. The number of esters is 1. The van der Waals surface area contributed by atoms with Gasteiger partial charge >= 0.3 is 5.97 Å². The maximum absolute atomic E-state index is 13.6. The lowest BCUT2D eigenvalue weighted by atomic mass is 9.96. The fourth-order valence-electron chi connectivity index (χ4n) is 5.07.